The van der Waals surface area contributed by atoms with Gasteiger partial charge in [-0.05, 0) is 0 Å². The number of hydrogen-bond acceptors (Lipinski definition) is 13. The molecule has 0 aromatic carbocycles. The maximum absolute atomic E-state index is 11.8. The van der Waals surface area contributed by atoms with Crippen LogP contribution in [0.3, 0.4) is 0 Å². The molecule has 1 saturated heterocycles. The van der Waals surface area contributed by atoms with Crippen LogP contribution >= 0.6 is 23.5 Å². The average Bonchev–Trinajstić information content (AvgIpc) is 3.13. The van der Waals surface area contributed by atoms with Gasteiger partial charge in [0.2, 0.25) is 0 Å². The summed E-state index contributed by atoms with van der Waals surface area (Å²) in [6.45, 7) is -0.956. The average molecular weight is 571 g/mol. The summed E-state index contributed by atoms with van der Waals surface area (Å²) in [5.41, 5.74) is 6.00. The molecule has 10 N–H and O–H groups in total. The first kappa shape index (κ1) is 34.6. The van der Waals surface area contributed by atoms with Crippen LogP contribution in [-0.2, 0) is 31.6 Å². The third-order valence-electron chi connectivity index (χ3n) is 3.82. The quantitative estimate of drug-likeness (QED) is 0.114. The third-order valence-corrected chi connectivity index (χ3v) is 7.62. The smallest absolute Gasteiger partial charge is 0.412 e. The number of aromatic nitrogens is 4. The van der Waals surface area contributed by atoms with E-state index in [9.17, 15) is 28.8 Å². The summed E-state index contributed by atoms with van der Waals surface area (Å²) in [6.07, 6.45) is -3.69. The fourth-order valence-corrected chi connectivity index (χ4v) is 5.65. The van der Waals surface area contributed by atoms with E-state index in [0.29, 0.717) is 0 Å². The molecular formula is C10H18N5Na2O14P3+2. The minimum absolute atomic E-state index is 0. The van der Waals surface area contributed by atoms with Crippen molar-refractivity contribution in [3.05, 3.63) is 12.7 Å². The summed E-state index contributed by atoms with van der Waals surface area (Å²) in [5, 5.41) is 20.4. The first-order chi connectivity index (χ1) is 14.2. The van der Waals surface area contributed by atoms with Gasteiger partial charge < -0.3 is 45.7 Å². The molecule has 6 atom stereocenters. The zero-order chi connectivity index (χ0) is 23.2. The van der Waals surface area contributed by atoms with Crippen LogP contribution in [0.2, 0.25) is 0 Å². The van der Waals surface area contributed by atoms with Crippen LogP contribution in [0.5, 0.6) is 0 Å². The van der Waals surface area contributed by atoms with Gasteiger partial charge in [-0.25, -0.2) is 28.6 Å². The summed E-state index contributed by atoms with van der Waals surface area (Å²) in [5.74, 6) is 0.0426. The van der Waals surface area contributed by atoms with Gasteiger partial charge in [0.25, 0.3) is 0 Å². The van der Waals surface area contributed by atoms with Crippen molar-refractivity contribution in [1.82, 2.24) is 19.5 Å². The van der Waals surface area contributed by atoms with Crippen molar-refractivity contribution in [2.24, 2.45) is 0 Å². The Bertz CT molecular complexity index is 1120. The topological polar surface area (TPSA) is 311 Å². The van der Waals surface area contributed by atoms with Crippen LogP contribution in [0.1, 0.15) is 6.23 Å². The summed E-state index contributed by atoms with van der Waals surface area (Å²) in [6, 6.07) is 0. The number of anilines is 1. The number of rotatable bonds is 8. The van der Waals surface area contributed by atoms with Crippen molar-refractivity contribution in [1.29, 1.82) is 0 Å². The Balaban J connectivity index is 0.00000363. The number of hydrogen-bond donors (Lipinski definition) is 7. The number of ether oxygens (including phenoxy) is 1. The van der Waals surface area contributed by atoms with Crippen LogP contribution in [0.25, 0.3) is 11.2 Å². The van der Waals surface area contributed by atoms with E-state index < -0.39 is 54.6 Å². The predicted octanol–water partition coefficient (Wildman–Crippen LogP) is -8.45. The molecular weight excluding hydrogens is 553 g/mol. The number of fused-ring (bicyclic) bond motifs is 1. The number of nitrogens with zero attached hydrogens (tertiary/aromatic N) is 4. The van der Waals surface area contributed by atoms with E-state index in [2.05, 4.69) is 28.1 Å². The number of nitrogen functional groups attached to an aromatic ring is 1. The summed E-state index contributed by atoms with van der Waals surface area (Å²) >= 11 is 0. The number of nitrogens with two attached hydrogens (primary N) is 1. The number of aliphatic hydroxyl groups is 2. The van der Waals surface area contributed by atoms with Gasteiger partial charge in [-0.1, -0.05) is 0 Å². The Kier molecular flexibility index (Phi) is 13.1. The van der Waals surface area contributed by atoms with Crippen LogP contribution in [-0.4, -0.2) is 79.7 Å². The first-order valence-electron chi connectivity index (χ1n) is 7.92. The van der Waals surface area contributed by atoms with Crippen LogP contribution in [0.15, 0.2) is 12.7 Å². The molecule has 24 heteroatoms. The molecule has 34 heavy (non-hydrogen) atoms. The Labute approximate surface area is 234 Å². The Morgan fingerprint density at radius 3 is 2.21 bits per heavy atom. The van der Waals surface area contributed by atoms with Gasteiger partial charge in [0.05, 0.1) is 12.9 Å². The molecule has 182 valence electrons. The largest absolute Gasteiger partial charge is 1.00 e. The predicted molar refractivity (Wildman–Crippen MR) is 99.1 cm³/mol. The van der Waals surface area contributed by atoms with Gasteiger partial charge in [-0.3, -0.25) is 9.09 Å². The van der Waals surface area contributed by atoms with E-state index in [-0.39, 0.29) is 81.6 Å². The fourth-order valence-electron chi connectivity index (χ4n) is 2.62. The molecule has 3 rings (SSSR count). The summed E-state index contributed by atoms with van der Waals surface area (Å²) in [4.78, 5) is 47.2. The molecule has 1 fully saturated rings. The molecule has 2 unspecified atom stereocenters. The molecule has 1 aliphatic heterocycles. The van der Waals surface area contributed by atoms with Crippen LogP contribution in [0.4, 0.5) is 5.82 Å². The number of phosphoric acid groups is 3. The van der Waals surface area contributed by atoms with Crippen LogP contribution in [0, 0.1) is 0 Å². The number of imidazole rings is 1. The third kappa shape index (κ3) is 8.58. The van der Waals surface area contributed by atoms with Gasteiger partial charge in [-0.15, -0.1) is 0 Å². The van der Waals surface area contributed by atoms with E-state index in [0.717, 1.165) is 6.33 Å². The maximum atomic E-state index is 11.8. The molecule has 2 aromatic heterocycles. The van der Waals surface area contributed by atoms with Gasteiger partial charge in [0, 0.05) is 0 Å². The van der Waals surface area contributed by atoms with Crippen LogP contribution < -0.4 is 64.8 Å². The number of aliphatic hydroxyl groups excluding tert-OH is 2. The zero-order valence-electron chi connectivity index (χ0n) is 17.4. The second-order valence-electron chi connectivity index (χ2n) is 6.02. The zero-order valence-corrected chi connectivity index (χ0v) is 24.1. The molecule has 1 aliphatic rings. The Morgan fingerprint density at radius 1 is 1.00 bits per heavy atom. The molecule has 0 bridgehead atoms. The fraction of sp³-hybridized carbons (Fsp3) is 0.500. The molecule has 2 aromatic rings. The standard InChI is InChI=1S/C10H16N5O13P3.2Na.H2O/c11-8-5-9(13-2-12-8)15(3-14-5)10-7(17)6(16)4(26-10)1-25-30(21,22)28-31(23,24)27-29(18,19)20;;;/h2-4,6-7,10,16-17H,1H2,(H,21,22)(H,23,24)(H2,11,12,13)(H2,18,19,20);;;1H2/q;2*+1;/t4-,6-,7-,10-;;;/m1.../s1. The summed E-state index contributed by atoms with van der Waals surface area (Å²) < 4.78 is 51.9. The van der Waals surface area contributed by atoms with Crippen molar-refractivity contribution in [2.45, 2.75) is 24.5 Å². The molecule has 0 saturated carbocycles. The van der Waals surface area contributed by atoms with Crippen molar-refractivity contribution in [2.75, 3.05) is 12.3 Å². The first-order valence-corrected chi connectivity index (χ1v) is 12.4. The van der Waals surface area contributed by atoms with Gasteiger partial charge >= 0.3 is 82.6 Å². The van der Waals surface area contributed by atoms with E-state index in [1.54, 1.807) is 0 Å². The van der Waals surface area contributed by atoms with Gasteiger partial charge in [0.15, 0.2) is 17.7 Å². The molecule has 0 amide bonds. The molecule has 0 spiro atoms. The number of phosphoric ester groups is 1. The molecule has 19 nitrogen and oxygen atoms in total. The van der Waals surface area contributed by atoms with Crippen molar-refractivity contribution in [3.8, 4) is 0 Å². The van der Waals surface area contributed by atoms with E-state index >= 15 is 0 Å². The minimum Gasteiger partial charge on any atom is -0.412 e. The maximum Gasteiger partial charge on any atom is 1.00 e. The molecule has 0 radical (unpaired) electrons. The Morgan fingerprint density at radius 2 is 1.62 bits per heavy atom. The van der Waals surface area contributed by atoms with E-state index in [4.69, 9.17) is 25.2 Å². The summed E-state index contributed by atoms with van der Waals surface area (Å²) in [7, 11) is -16.7. The van der Waals surface area contributed by atoms with Crippen molar-refractivity contribution in [3.63, 3.8) is 0 Å². The van der Waals surface area contributed by atoms with Crippen molar-refractivity contribution < 1.29 is 126 Å². The monoisotopic (exact) mass is 571 g/mol. The molecule has 0 aliphatic carbocycles. The second-order valence-corrected chi connectivity index (χ2v) is 10.4. The van der Waals surface area contributed by atoms with Gasteiger partial charge in [0.1, 0.15) is 30.2 Å². The second kappa shape index (κ2) is 12.9. The van der Waals surface area contributed by atoms with Crippen molar-refractivity contribution >= 4 is 40.4 Å². The normalized spacial score (nSPS) is 25.9. The van der Waals surface area contributed by atoms with E-state index in [1.165, 1.54) is 10.9 Å². The molecule has 3 heterocycles. The Hall–Kier alpha value is 0.600. The SMILES string of the molecule is Nc1ncnc2c1ncn2[C@@H]1O[C@H](COP(=O)(O)OP(=O)(O)OP(=O)(O)O)[C@@H](O)[C@H]1O.O.[Na+].[Na+]. The minimum atomic E-state index is -5.70. The van der Waals surface area contributed by atoms with E-state index in [1.807, 2.05) is 0 Å². The van der Waals surface area contributed by atoms with Gasteiger partial charge in [-0.2, -0.15) is 8.62 Å².